The molecule has 8 heteroatoms. The molecule has 0 bridgehead atoms. The number of morpholine rings is 1. The maximum Gasteiger partial charge on any atom is 0.257 e. The third-order valence-electron chi connectivity index (χ3n) is 5.09. The Morgan fingerprint density at radius 3 is 2.72 bits per heavy atom. The maximum absolute atomic E-state index is 14.4. The second kappa shape index (κ2) is 9.69. The number of nitrogens with zero attached hydrogens (tertiary/aromatic N) is 2. The van der Waals surface area contributed by atoms with E-state index < -0.39 is 5.82 Å². The summed E-state index contributed by atoms with van der Waals surface area (Å²) in [6.07, 6.45) is 0.953. The molecule has 1 fully saturated rings. The molecule has 2 heterocycles. The third kappa shape index (κ3) is 5.15. The number of aromatic nitrogens is 1. The van der Waals surface area contributed by atoms with Crippen LogP contribution in [0.5, 0.6) is 0 Å². The quantitative estimate of drug-likeness (QED) is 0.731. The average molecular weight is 424 g/mol. The number of hydrogen-bond donors (Lipinski definition) is 1. The van der Waals surface area contributed by atoms with Crippen molar-refractivity contribution in [1.82, 2.24) is 15.4 Å². The van der Waals surface area contributed by atoms with Gasteiger partial charge in [0.25, 0.3) is 5.91 Å². The zero-order valence-corrected chi connectivity index (χ0v) is 17.8. The highest BCUT2D eigenvalue weighted by molar-refractivity contribution is 6.33. The summed E-state index contributed by atoms with van der Waals surface area (Å²) < 4.78 is 25.0. The molecule has 1 aromatic carbocycles. The Morgan fingerprint density at radius 2 is 2.07 bits per heavy atom. The first-order valence-electron chi connectivity index (χ1n) is 9.89. The van der Waals surface area contributed by atoms with Crippen LogP contribution in [0.2, 0.25) is 5.02 Å². The minimum atomic E-state index is -0.550. The molecule has 158 valence electrons. The number of halogens is 2. The van der Waals surface area contributed by atoms with E-state index >= 15 is 0 Å². The summed E-state index contributed by atoms with van der Waals surface area (Å²) in [5, 5.41) is 7.08. The number of carbonyl (C=O) groups is 1. The molecule has 1 aromatic heterocycles. The minimum Gasteiger partial charge on any atom is -0.379 e. The summed E-state index contributed by atoms with van der Waals surface area (Å²) >= 11 is 6.16. The Hall–Kier alpha value is -1.96. The first kappa shape index (κ1) is 21.7. The molecule has 6 nitrogen and oxygen atoms in total. The van der Waals surface area contributed by atoms with E-state index in [1.807, 2.05) is 0 Å². The van der Waals surface area contributed by atoms with Crippen LogP contribution in [-0.4, -0.2) is 54.9 Å². The summed E-state index contributed by atoms with van der Waals surface area (Å²) in [6.45, 7) is 9.52. The van der Waals surface area contributed by atoms with E-state index in [0.717, 1.165) is 19.5 Å². The van der Waals surface area contributed by atoms with Gasteiger partial charge in [-0.25, -0.2) is 4.39 Å². The smallest absolute Gasteiger partial charge is 0.257 e. The molecule has 1 N–H and O–H groups in total. The molecule has 3 rings (SSSR count). The van der Waals surface area contributed by atoms with Gasteiger partial charge in [-0.15, -0.1) is 0 Å². The first-order valence-corrected chi connectivity index (χ1v) is 10.3. The van der Waals surface area contributed by atoms with Crippen molar-refractivity contribution in [2.45, 2.75) is 33.2 Å². The van der Waals surface area contributed by atoms with Gasteiger partial charge in [0.1, 0.15) is 22.8 Å². The van der Waals surface area contributed by atoms with E-state index in [1.165, 1.54) is 12.1 Å². The topological polar surface area (TPSA) is 67.6 Å². The molecule has 0 unspecified atom stereocenters. The van der Waals surface area contributed by atoms with Crippen LogP contribution in [0.3, 0.4) is 0 Å². The Labute approximate surface area is 175 Å². The molecule has 0 aliphatic carbocycles. The number of nitrogens with one attached hydrogen (secondary N) is 1. The number of hydrogen-bond acceptors (Lipinski definition) is 5. The molecule has 0 spiro atoms. The van der Waals surface area contributed by atoms with Crippen molar-refractivity contribution >= 4 is 17.5 Å². The third-order valence-corrected chi connectivity index (χ3v) is 5.41. The second-order valence-electron chi connectivity index (χ2n) is 7.70. The first-order chi connectivity index (χ1) is 13.9. The van der Waals surface area contributed by atoms with E-state index in [2.05, 4.69) is 29.2 Å². The van der Waals surface area contributed by atoms with Crippen molar-refractivity contribution in [2.24, 2.45) is 5.92 Å². The monoisotopic (exact) mass is 423 g/mol. The zero-order chi connectivity index (χ0) is 21.0. The lowest BCUT2D eigenvalue weighted by Gasteiger charge is -2.35. The van der Waals surface area contributed by atoms with Gasteiger partial charge in [0.15, 0.2) is 0 Å². The highest BCUT2D eigenvalue weighted by atomic mass is 35.5. The predicted molar refractivity (Wildman–Crippen MR) is 110 cm³/mol. The van der Waals surface area contributed by atoms with E-state index in [0.29, 0.717) is 31.4 Å². The standard InChI is InChI=1S/C21H27ClFN3O3/c1-13(2)11-15(26-7-9-28-10-8-26)12-24-21(27)18-14(3)29-25-20(18)19-16(22)5-4-6-17(19)23/h4-6,13,15H,7-12H2,1-3H3,(H,24,27)/t15-/m0/s1. The summed E-state index contributed by atoms with van der Waals surface area (Å²) in [7, 11) is 0. The van der Waals surface area contributed by atoms with Crippen LogP contribution in [0.25, 0.3) is 11.3 Å². The summed E-state index contributed by atoms with van der Waals surface area (Å²) in [4.78, 5) is 15.3. The largest absolute Gasteiger partial charge is 0.379 e. The Balaban J connectivity index is 1.79. The van der Waals surface area contributed by atoms with Crippen LogP contribution in [-0.2, 0) is 4.74 Å². The molecule has 0 saturated carbocycles. The van der Waals surface area contributed by atoms with Crippen LogP contribution in [0.1, 0.15) is 36.4 Å². The highest BCUT2D eigenvalue weighted by Gasteiger charge is 2.27. The fourth-order valence-electron chi connectivity index (χ4n) is 3.68. The SMILES string of the molecule is Cc1onc(-c2c(F)cccc2Cl)c1C(=O)NC[C@H](CC(C)C)N1CCOCC1. The van der Waals surface area contributed by atoms with Gasteiger partial charge in [0.05, 0.1) is 23.8 Å². The van der Waals surface area contributed by atoms with Crippen molar-refractivity contribution in [3.63, 3.8) is 0 Å². The lowest BCUT2D eigenvalue weighted by Crippen LogP contribution is -2.49. The van der Waals surface area contributed by atoms with Gasteiger partial charge in [-0.2, -0.15) is 0 Å². The Bertz CT molecular complexity index is 829. The van der Waals surface area contributed by atoms with Gasteiger partial charge in [0, 0.05) is 25.7 Å². The molecule has 1 atom stereocenters. The van der Waals surface area contributed by atoms with Gasteiger partial charge < -0.3 is 14.6 Å². The minimum absolute atomic E-state index is 0.0723. The van der Waals surface area contributed by atoms with Crippen LogP contribution >= 0.6 is 11.6 Å². The molecule has 29 heavy (non-hydrogen) atoms. The highest BCUT2D eigenvalue weighted by Crippen LogP contribution is 2.33. The summed E-state index contributed by atoms with van der Waals surface area (Å²) in [5.74, 6) is -0.0839. The summed E-state index contributed by atoms with van der Waals surface area (Å²) in [6, 6.07) is 4.54. The molecule has 0 radical (unpaired) electrons. The number of rotatable bonds is 7. The summed E-state index contributed by atoms with van der Waals surface area (Å²) in [5.41, 5.74) is 0.403. The molecule has 1 aliphatic rings. The van der Waals surface area contributed by atoms with Crippen LogP contribution in [0.15, 0.2) is 22.7 Å². The van der Waals surface area contributed by atoms with Crippen LogP contribution in [0.4, 0.5) is 4.39 Å². The number of aryl methyl sites for hydroxylation is 1. The van der Waals surface area contributed by atoms with Crippen molar-refractivity contribution < 1.29 is 18.4 Å². The fourth-order valence-corrected chi connectivity index (χ4v) is 3.93. The Kier molecular flexibility index (Phi) is 7.27. The molecular weight excluding hydrogens is 397 g/mol. The van der Waals surface area contributed by atoms with Crippen molar-refractivity contribution in [2.75, 3.05) is 32.8 Å². The van der Waals surface area contributed by atoms with Crippen LogP contribution in [0, 0.1) is 18.7 Å². The lowest BCUT2D eigenvalue weighted by molar-refractivity contribution is 0.0124. The van der Waals surface area contributed by atoms with E-state index in [4.69, 9.17) is 20.9 Å². The van der Waals surface area contributed by atoms with Crippen LogP contribution < -0.4 is 5.32 Å². The lowest BCUT2D eigenvalue weighted by atomic mass is 10.0. The predicted octanol–water partition coefficient (Wildman–Crippen LogP) is 3.92. The van der Waals surface area contributed by atoms with Crippen molar-refractivity contribution in [3.8, 4) is 11.3 Å². The normalized spacial score (nSPS) is 16.2. The number of ether oxygens (including phenoxy) is 1. The number of amides is 1. The van der Waals surface area contributed by atoms with E-state index in [9.17, 15) is 9.18 Å². The van der Waals surface area contributed by atoms with Gasteiger partial charge >= 0.3 is 0 Å². The zero-order valence-electron chi connectivity index (χ0n) is 17.0. The average Bonchev–Trinajstić information content (AvgIpc) is 3.06. The van der Waals surface area contributed by atoms with Gasteiger partial charge in [-0.1, -0.05) is 36.7 Å². The van der Waals surface area contributed by atoms with E-state index in [1.54, 1.807) is 13.0 Å². The number of benzene rings is 1. The second-order valence-corrected chi connectivity index (χ2v) is 8.11. The Morgan fingerprint density at radius 1 is 1.34 bits per heavy atom. The molecule has 1 saturated heterocycles. The fraction of sp³-hybridized carbons (Fsp3) is 0.524. The van der Waals surface area contributed by atoms with E-state index in [-0.39, 0.29) is 33.8 Å². The van der Waals surface area contributed by atoms with Gasteiger partial charge in [-0.3, -0.25) is 9.69 Å². The molecular formula is C21H27ClFN3O3. The number of carbonyl (C=O) groups excluding carboxylic acids is 1. The molecule has 2 aromatic rings. The molecule has 1 aliphatic heterocycles. The van der Waals surface area contributed by atoms with Crippen molar-refractivity contribution in [3.05, 3.63) is 40.4 Å². The van der Waals surface area contributed by atoms with Crippen molar-refractivity contribution in [1.29, 1.82) is 0 Å². The van der Waals surface area contributed by atoms with Gasteiger partial charge in [0.2, 0.25) is 0 Å². The maximum atomic E-state index is 14.4. The molecule has 1 amide bonds. The van der Waals surface area contributed by atoms with Gasteiger partial charge in [-0.05, 0) is 31.4 Å².